The van der Waals surface area contributed by atoms with Crippen LogP contribution in [0.5, 0.6) is 0 Å². The van der Waals surface area contributed by atoms with Gasteiger partial charge in [0.2, 0.25) is 0 Å². The number of nitrogens with zero attached hydrogens (tertiary/aromatic N) is 3. The number of para-hydroxylation sites is 2. The van der Waals surface area contributed by atoms with Gasteiger partial charge in [-0.3, -0.25) is 4.98 Å². The van der Waals surface area contributed by atoms with E-state index in [2.05, 4.69) is 105 Å². The molecule has 0 N–H and O–H groups in total. The first-order valence-electron chi connectivity index (χ1n) is 14.3. The molecule has 0 fully saturated rings. The third-order valence-corrected chi connectivity index (χ3v) is 7.50. The summed E-state index contributed by atoms with van der Waals surface area (Å²) in [4.78, 5) is 9.23. The van der Waals surface area contributed by atoms with Gasteiger partial charge in [-0.2, -0.15) is 0 Å². The van der Waals surface area contributed by atoms with Crippen LogP contribution < -0.4 is 0 Å². The van der Waals surface area contributed by atoms with Crippen LogP contribution in [0.2, 0.25) is 0 Å². The van der Waals surface area contributed by atoms with Gasteiger partial charge in [-0.15, -0.1) is 42.0 Å². The van der Waals surface area contributed by atoms with Crippen LogP contribution in [0, 0.1) is 33.1 Å². The molecule has 0 aliphatic carbocycles. The largest absolute Gasteiger partial charge is 0.557 e. The predicted molar refractivity (Wildman–Crippen MR) is 172 cm³/mol. The van der Waals surface area contributed by atoms with Crippen molar-refractivity contribution >= 4 is 22.0 Å². The first-order valence-corrected chi connectivity index (χ1v) is 14.3. The van der Waals surface area contributed by atoms with Crippen LogP contribution in [-0.2, 0) is 20.1 Å². The second-order valence-corrected chi connectivity index (χ2v) is 11.0. The number of pyridine rings is 1. The molecule has 0 saturated carbocycles. The molecule has 0 aliphatic rings. The number of imidazole rings is 1. The van der Waals surface area contributed by atoms with Crippen LogP contribution in [0.15, 0.2) is 108 Å². The average molecular weight is 740 g/mol. The van der Waals surface area contributed by atoms with Gasteiger partial charge in [-0.05, 0) is 61.7 Å². The predicted octanol–water partition coefficient (Wildman–Crippen LogP) is 9.83. The molecule has 4 aromatic carbocycles. The van der Waals surface area contributed by atoms with Gasteiger partial charge in [0.15, 0.2) is 0 Å². The molecular formula is C38H33IrN3O-2. The molecule has 43 heavy (non-hydrogen) atoms. The van der Waals surface area contributed by atoms with E-state index in [0.717, 1.165) is 44.6 Å². The summed E-state index contributed by atoms with van der Waals surface area (Å²) in [5.74, 6) is 1.31. The Morgan fingerprint density at radius 1 is 0.814 bits per heavy atom. The van der Waals surface area contributed by atoms with E-state index in [9.17, 15) is 0 Å². The van der Waals surface area contributed by atoms with Crippen molar-refractivity contribution in [1.29, 1.82) is 0 Å². The van der Waals surface area contributed by atoms with Gasteiger partial charge in [0, 0.05) is 43.8 Å². The maximum Gasteiger partial charge on any atom is 0.0774 e. The van der Waals surface area contributed by atoms with E-state index in [4.69, 9.17) is 9.40 Å². The van der Waals surface area contributed by atoms with E-state index < -0.39 is 0 Å². The smallest absolute Gasteiger partial charge is 0.0774 e. The Labute approximate surface area is 266 Å². The Kier molecular flexibility index (Phi) is 9.05. The second-order valence-electron chi connectivity index (χ2n) is 11.0. The molecule has 0 unspecified atom stereocenters. The zero-order valence-corrected chi connectivity index (χ0v) is 27.4. The molecule has 0 aliphatic heterocycles. The Bertz CT molecular complexity index is 1930. The summed E-state index contributed by atoms with van der Waals surface area (Å²) < 4.78 is 8.14. The van der Waals surface area contributed by atoms with Gasteiger partial charge in [-0.1, -0.05) is 84.5 Å². The van der Waals surface area contributed by atoms with E-state index in [1.807, 2.05) is 48.5 Å². The molecule has 0 atom stereocenters. The van der Waals surface area contributed by atoms with Crippen molar-refractivity contribution in [2.45, 2.75) is 40.5 Å². The molecule has 0 bridgehead atoms. The summed E-state index contributed by atoms with van der Waals surface area (Å²) >= 11 is 0. The number of rotatable bonds is 4. The van der Waals surface area contributed by atoms with Gasteiger partial charge < -0.3 is 14.0 Å². The third kappa shape index (κ3) is 6.10. The van der Waals surface area contributed by atoms with Crippen molar-refractivity contribution in [3.63, 3.8) is 0 Å². The maximum absolute atomic E-state index is 5.88. The molecule has 217 valence electrons. The van der Waals surface area contributed by atoms with Crippen LogP contribution in [0.3, 0.4) is 0 Å². The fourth-order valence-corrected chi connectivity index (χ4v) is 5.54. The third-order valence-electron chi connectivity index (χ3n) is 7.50. The topological polar surface area (TPSA) is 43.9 Å². The van der Waals surface area contributed by atoms with Crippen molar-refractivity contribution in [3.05, 3.63) is 138 Å². The normalized spacial score (nSPS) is 10.9. The fourth-order valence-electron chi connectivity index (χ4n) is 5.54. The zero-order valence-electron chi connectivity index (χ0n) is 25.0. The minimum Gasteiger partial charge on any atom is -0.557 e. The molecule has 0 saturated heterocycles. The summed E-state index contributed by atoms with van der Waals surface area (Å²) in [5, 5.41) is 1.04. The molecule has 4 nitrogen and oxygen atoms in total. The van der Waals surface area contributed by atoms with Crippen molar-refractivity contribution in [3.8, 4) is 28.3 Å². The standard InChI is InChI=1S/C27H25N2O.C11H8N.Ir/c1-16(2)20-10-11-21-22(15-30-25(21)14-20)27-28-23-8-6-7-9-24(23)29(27)26-18(4)12-17(3)13-19(26)5;1-2-6-10(7-3-1)11-8-4-5-9-12-11;/h6-14,16H,1-5H3;1-6,8-9H;/q2*-1;. The van der Waals surface area contributed by atoms with Crippen LogP contribution in [0.1, 0.15) is 42.0 Å². The quantitative estimate of drug-likeness (QED) is 0.169. The molecule has 3 aromatic heterocycles. The van der Waals surface area contributed by atoms with Gasteiger partial charge in [0.25, 0.3) is 0 Å². The van der Waals surface area contributed by atoms with Crippen LogP contribution in [-0.4, -0.2) is 14.5 Å². The summed E-state index contributed by atoms with van der Waals surface area (Å²) in [6.07, 6.45) is 4.95. The van der Waals surface area contributed by atoms with Crippen molar-refractivity contribution in [2.75, 3.05) is 0 Å². The molecule has 0 spiro atoms. The SMILES string of the molecule is Cc1cc(C)c(-n2c(-c3[c-]oc4cc(C(C)C)ccc34)nc3ccccc32)c(C)c1.[Ir].[c-]1ccccc1-c1ccccn1. The van der Waals surface area contributed by atoms with E-state index in [-0.39, 0.29) is 20.1 Å². The van der Waals surface area contributed by atoms with Crippen LogP contribution >= 0.6 is 0 Å². The Morgan fingerprint density at radius 3 is 2.26 bits per heavy atom. The van der Waals surface area contributed by atoms with Crippen molar-refractivity contribution in [1.82, 2.24) is 14.5 Å². The summed E-state index contributed by atoms with van der Waals surface area (Å²) in [5.41, 5.74) is 12.0. The fraction of sp³-hybridized carbons (Fsp3) is 0.158. The number of aromatic nitrogens is 3. The number of hydrogen-bond acceptors (Lipinski definition) is 3. The van der Waals surface area contributed by atoms with Gasteiger partial charge in [-0.25, -0.2) is 0 Å². The Hall–Kier alpha value is -4.31. The zero-order chi connectivity index (χ0) is 29.2. The van der Waals surface area contributed by atoms with E-state index >= 15 is 0 Å². The van der Waals surface area contributed by atoms with E-state index in [1.54, 1.807) is 6.20 Å². The summed E-state index contributed by atoms with van der Waals surface area (Å²) in [7, 11) is 0. The van der Waals surface area contributed by atoms with Gasteiger partial charge in [0.1, 0.15) is 0 Å². The number of furan rings is 1. The summed E-state index contributed by atoms with van der Waals surface area (Å²) in [6.45, 7) is 10.9. The van der Waals surface area contributed by atoms with Crippen molar-refractivity contribution < 1.29 is 24.5 Å². The molecule has 7 aromatic rings. The summed E-state index contributed by atoms with van der Waals surface area (Å²) in [6, 6.07) is 36.0. The molecule has 0 amide bonds. The Morgan fingerprint density at radius 2 is 1.56 bits per heavy atom. The number of fused-ring (bicyclic) bond motifs is 2. The molecule has 3 heterocycles. The number of hydrogen-bond donors (Lipinski definition) is 0. The Balaban J connectivity index is 0.000000238. The van der Waals surface area contributed by atoms with Gasteiger partial charge in [0.05, 0.1) is 16.9 Å². The second kappa shape index (κ2) is 12.9. The van der Waals surface area contributed by atoms with Gasteiger partial charge >= 0.3 is 0 Å². The first kappa shape index (κ1) is 30.2. The van der Waals surface area contributed by atoms with E-state index in [1.165, 1.54) is 27.9 Å². The van der Waals surface area contributed by atoms with E-state index in [0.29, 0.717) is 5.92 Å². The number of benzene rings is 4. The molecule has 7 rings (SSSR count). The van der Waals surface area contributed by atoms with Crippen LogP contribution in [0.25, 0.3) is 50.3 Å². The minimum absolute atomic E-state index is 0. The molecular weight excluding hydrogens is 707 g/mol. The van der Waals surface area contributed by atoms with Crippen molar-refractivity contribution in [2.24, 2.45) is 0 Å². The average Bonchev–Trinajstić information content (AvgIpc) is 3.59. The first-order chi connectivity index (χ1) is 20.4. The number of aryl methyl sites for hydroxylation is 3. The monoisotopic (exact) mass is 740 g/mol. The minimum atomic E-state index is 0. The van der Waals surface area contributed by atoms with Crippen LogP contribution in [0.4, 0.5) is 0 Å². The molecule has 5 heteroatoms. The maximum atomic E-state index is 5.88. The molecule has 1 radical (unpaired) electrons.